The average molecular weight is 719 g/mol. The Balaban J connectivity index is 1.12. The number of para-hydroxylation sites is 3. The Labute approximate surface area is 323 Å². The monoisotopic (exact) mass is 718 g/mol. The van der Waals surface area contributed by atoms with Gasteiger partial charge in [0.1, 0.15) is 23.0 Å². The highest BCUT2D eigenvalue weighted by Gasteiger charge is 2.36. The molecule has 4 nitrogen and oxygen atoms in total. The molecule has 0 bridgehead atoms. The third kappa shape index (κ3) is 4.53. The molecule has 1 aliphatic heterocycles. The SMILES string of the molecule is C1=CC2Oc3cccc(N(c4ccccc4)c4ccc5ccc6c(N(c7ccccc7)c7cccc8oc9ccccc9c78)ccc7ccc4c5c76)c3C2C=C1. The first-order valence-corrected chi connectivity index (χ1v) is 19.3. The van der Waals surface area contributed by atoms with Crippen LogP contribution in [0.15, 0.2) is 199 Å². The molecule has 1 aliphatic carbocycles. The summed E-state index contributed by atoms with van der Waals surface area (Å²) >= 11 is 0. The van der Waals surface area contributed by atoms with Gasteiger partial charge in [0.05, 0.1) is 28.1 Å². The molecule has 0 saturated carbocycles. The van der Waals surface area contributed by atoms with E-state index < -0.39 is 0 Å². The van der Waals surface area contributed by atoms with E-state index in [4.69, 9.17) is 9.15 Å². The molecule has 0 N–H and O–H groups in total. The van der Waals surface area contributed by atoms with Crippen LogP contribution in [0, 0.1) is 0 Å². The summed E-state index contributed by atoms with van der Waals surface area (Å²) in [6, 6.07) is 61.0. The second-order valence-electron chi connectivity index (χ2n) is 14.7. The minimum Gasteiger partial charge on any atom is -0.485 e. The minimum atomic E-state index is -0.00741. The van der Waals surface area contributed by atoms with Crippen LogP contribution in [0.5, 0.6) is 5.75 Å². The fourth-order valence-electron chi connectivity index (χ4n) is 9.34. The predicted octanol–water partition coefficient (Wildman–Crippen LogP) is 14.4. The number of hydrogen-bond acceptors (Lipinski definition) is 4. The first-order chi connectivity index (χ1) is 27.8. The number of hydrogen-bond donors (Lipinski definition) is 0. The molecule has 1 aromatic heterocycles. The van der Waals surface area contributed by atoms with Gasteiger partial charge >= 0.3 is 0 Å². The van der Waals surface area contributed by atoms with E-state index in [9.17, 15) is 0 Å². The zero-order valence-corrected chi connectivity index (χ0v) is 30.3. The molecule has 0 saturated heterocycles. The zero-order valence-electron chi connectivity index (χ0n) is 30.3. The highest BCUT2D eigenvalue weighted by molar-refractivity contribution is 6.28. The highest BCUT2D eigenvalue weighted by Crippen LogP contribution is 2.52. The van der Waals surface area contributed by atoms with Crippen molar-refractivity contribution in [3.05, 3.63) is 200 Å². The van der Waals surface area contributed by atoms with Gasteiger partial charge in [0.25, 0.3) is 0 Å². The molecule has 2 atom stereocenters. The Morgan fingerprint density at radius 2 is 0.964 bits per heavy atom. The van der Waals surface area contributed by atoms with Crippen LogP contribution in [0.4, 0.5) is 34.1 Å². The molecular formula is C52H34N2O2. The molecule has 9 aromatic carbocycles. The fraction of sp³-hybridized carbons (Fsp3) is 0.0385. The fourth-order valence-corrected chi connectivity index (χ4v) is 9.34. The van der Waals surface area contributed by atoms with Crippen molar-refractivity contribution in [2.75, 3.05) is 9.80 Å². The van der Waals surface area contributed by atoms with E-state index in [0.29, 0.717) is 0 Å². The second-order valence-corrected chi connectivity index (χ2v) is 14.7. The van der Waals surface area contributed by atoms with E-state index in [0.717, 1.165) is 61.8 Å². The lowest BCUT2D eigenvalue weighted by Gasteiger charge is -2.31. The number of rotatable bonds is 6. The molecular weight excluding hydrogens is 685 g/mol. The first kappa shape index (κ1) is 31.1. The van der Waals surface area contributed by atoms with Crippen molar-refractivity contribution in [3.63, 3.8) is 0 Å². The quantitative estimate of drug-likeness (QED) is 0.160. The molecule has 0 spiro atoms. The van der Waals surface area contributed by atoms with Crippen LogP contribution in [0.1, 0.15) is 11.5 Å². The maximum atomic E-state index is 6.53. The van der Waals surface area contributed by atoms with E-state index in [1.165, 1.54) is 37.9 Å². The Hall–Kier alpha value is -7.30. The largest absolute Gasteiger partial charge is 0.485 e. The maximum Gasteiger partial charge on any atom is 0.137 e. The van der Waals surface area contributed by atoms with Crippen molar-refractivity contribution in [1.29, 1.82) is 0 Å². The maximum absolute atomic E-state index is 6.53. The summed E-state index contributed by atoms with van der Waals surface area (Å²) in [6.07, 6.45) is 8.68. The van der Waals surface area contributed by atoms with Gasteiger partial charge in [0, 0.05) is 39.0 Å². The van der Waals surface area contributed by atoms with Crippen molar-refractivity contribution in [3.8, 4) is 5.75 Å². The number of benzene rings is 9. The van der Waals surface area contributed by atoms with Crippen molar-refractivity contribution >= 4 is 88.4 Å². The molecule has 12 rings (SSSR count). The van der Waals surface area contributed by atoms with E-state index in [2.05, 4.69) is 198 Å². The molecule has 2 aliphatic rings. The number of allylic oxidation sites excluding steroid dienone is 2. The average Bonchev–Trinajstić information content (AvgIpc) is 3.84. The summed E-state index contributed by atoms with van der Waals surface area (Å²) < 4.78 is 12.9. The molecule has 4 heteroatoms. The number of anilines is 6. The molecule has 10 aromatic rings. The van der Waals surface area contributed by atoms with Crippen molar-refractivity contribution < 1.29 is 9.15 Å². The van der Waals surface area contributed by atoms with E-state index in [1.807, 2.05) is 6.07 Å². The zero-order chi connectivity index (χ0) is 36.7. The van der Waals surface area contributed by atoms with Crippen LogP contribution >= 0.6 is 0 Å². The minimum absolute atomic E-state index is 0.00741. The van der Waals surface area contributed by atoms with Gasteiger partial charge in [-0.05, 0) is 94.4 Å². The van der Waals surface area contributed by atoms with Crippen molar-refractivity contribution in [1.82, 2.24) is 0 Å². The molecule has 0 fully saturated rings. The van der Waals surface area contributed by atoms with Gasteiger partial charge in [-0.25, -0.2) is 0 Å². The van der Waals surface area contributed by atoms with Crippen LogP contribution in [0.3, 0.4) is 0 Å². The number of ether oxygens (including phenoxy) is 1. The smallest absolute Gasteiger partial charge is 0.137 e. The van der Waals surface area contributed by atoms with E-state index >= 15 is 0 Å². The highest BCUT2D eigenvalue weighted by atomic mass is 16.5. The molecule has 56 heavy (non-hydrogen) atoms. The molecule has 264 valence electrons. The van der Waals surface area contributed by atoms with Crippen LogP contribution < -0.4 is 14.5 Å². The van der Waals surface area contributed by atoms with Crippen LogP contribution in [0.2, 0.25) is 0 Å². The van der Waals surface area contributed by atoms with Gasteiger partial charge in [-0.15, -0.1) is 0 Å². The lowest BCUT2D eigenvalue weighted by molar-refractivity contribution is 0.269. The number of fused-ring (bicyclic) bond motifs is 6. The molecule has 0 amide bonds. The summed E-state index contributed by atoms with van der Waals surface area (Å²) in [5.41, 5.74) is 9.62. The predicted molar refractivity (Wildman–Crippen MR) is 232 cm³/mol. The summed E-state index contributed by atoms with van der Waals surface area (Å²) in [4.78, 5) is 4.84. The number of nitrogens with zero attached hydrogens (tertiary/aromatic N) is 2. The van der Waals surface area contributed by atoms with E-state index in [-0.39, 0.29) is 12.0 Å². The summed E-state index contributed by atoms with van der Waals surface area (Å²) in [6.45, 7) is 0. The topological polar surface area (TPSA) is 28.9 Å². The molecule has 2 heterocycles. The second kappa shape index (κ2) is 12.1. The Bertz CT molecular complexity index is 3200. The Morgan fingerprint density at radius 1 is 0.393 bits per heavy atom. The van der Waals surface area contributed by atoms with Gasteiger partial charge in [-0.1, -0.05) is 121 Å². The normalized spacial score (nSPS) is 15.9. The summed E-state index contributed by atoms with van der Waals surface area (Å²) in [5, 5.41) is 9.51. The van der Waals surface area contributed by atoms with Gasteiger partial charge in [-0.2, -0.15) is 0 Å². The first-order valence-electron chi connectivity index (χ1n) is 19.3. The third-order valence-electron chi connectivity index (χ3n) is 11.7. The lowest BCUT2D eigenvalue weighted by atomic mass is 9.89. The van der Waals surface area contributed by atoms with Crippen molar-refractivity contribution in [2.24, 2.45) is 0 Å². The summed E-state index contributed by atoms with van der Waals surface area (Å²) in [5.74, 6) is 1.08. The van der Waals surface area contributed by atoms with E-state index in [1.54, 1.807) is 0 Å². The molecule has 0 radical (unpaired) electrons. The van der Waals surface area contributed by atoms with Gasteiger partial charge in [-0.3, -0.25) is 0 Å². The van der Waals surface area contributed by atoms with Gasteiger partial charge in [0.15, 0.2) is 0 Å². The molecule has 2 unspecified atom stereocenters. The lowest BCUT2D eigenvalue weighted by Crippen LogP contribution is -2.17. The van der Waals surface area contributed by atoms with Gasteiger partial charge < -0.3 is 19.0 Å². The van der Waals surface area contributed by atoms with Gasteiger partial charge in [0.2, 0.25) is 0 Å². The van der Waals surface area contributed by atoms with Crippen molar-refractivity contribution in [2.45, 2.75) is 12.0 Å². The third-order valence-corrected chi connectivity index (χ3v) is 11.7. The van der Waals surface area contributed by atoms with Crippen LogP contribution in [-0.2, 0) is 0 Å². The standard InChI is InChI=1S/C52H34N2O2/c1-3-13-35(14-4-1)53(43-19-11-23-47-51(43)39-17-7-9-21-45(39)55-47)41-31-27-33-26-30-38-42(32-28-34-25-29-37(41)49(33)50(34)38)54(36-15-5-2-6-16-36)44-20-12-24-48-52(44)40-18-8-10-22-46(40)56-48/h1-32,39,45H. The Kier molecular flexibility index (Phi) is 6.72. The summed E-state index contributed by atoms with van der Waals surface area (Å²) in [7, 11) is 0. The van der Waals surface area contributed by atoms with Crippen LogP contribution in [-0.4, -0.2) is 6.10 Å². The van der Waals surface area contributed by atoms with Crippen LogP contribution in [0.25, 0.3) is 54.3 Å². The number of furan rings is 1. The Morgan fingerprint density at radius 3 is 1.68 bits per heavy atom.